The molecule has 1 aromatic heterocycles. The molecule has 0 spiro atoms. The zero-order valence-electron chi connectivity index (χ0n) is 12.0. The summed E-state index contributed by atoms with van der Waals surface area (Å²) in [6.45, 7) is 7.10. The van der Waals surface area contributed by atoms with E-state index < -0.39 is 0 Å². The second kappa shape index (κ2) is 6.91. The molecule has 0 aliphatic rings. The molecule has 0 amide bonds. The summed E-state index contributed by atoms with van der Waals surface area (Å²) in [5, 5.41) is 7.49. The number of aromatic nitrogens is 2. The van der Waals surface area contributed by atoms with E-state index in [0.29, 0.717) is 18.8 Å². The first-order chi connectivity index (χ1) is 8.91. The molecule has 1 heterocycles. The first-order valence-electron chi connectivity index (χ1n) is 6.44. The highest BCUT2D eigenvalue weighted by molar-refractivity contribution is 6.32. The van der Waals surface area contributed by atoms with Gasteiger partial charge in [-0.05, 0) is 20.3 Å². The molecule has 0 saturated heterocycles. The van der Waals surface area contributed by atoms with Crippen molar-refractivity contribution < 1.29 is 4.74 Å². The molecule has 1 rings (SSSR count). The van der Waals surface area contributed by atoms with Crippen LogP contribution in [-0.2, 0) is 11.3 Å². The molecule has 0 aromatic carbocycles. The molecule has 0 aliphatic carbocycles. The molecular weight excluding hydrogens is 266 g/mol. The van der Waals surface area contributed by atoms with E-state index in [1.807, 2.05) is 13.8 Å². The first kappa shape index (κ1) is 16.0. The van der Waals surface area contributed by atoms with Crippen molar-refractivity contribution in [1.29, 1.82) is 0 Å². The fourth-order valence-electron chi connectivity index (χ4n) is 1.78. The van der Waals surface area contributed by atoms with Gasteiger partial charge in [0, 0.05) is 13.7 Å². The van der Waals surface area contributed by atoms with Gasteiger partial charge in [-0.25, -0.2) is 4.68 Å². The molecule has 0 atom stereocenters. The Bertz CT molecular complexity index is 471. The van der Waals surface area contributed by atoms with Crippen molar-refractivity contribution >= 4 is 17.3 Å². The van der Waals surface area contributed by atoms with Crippen molar-refractivity contribution in [1.82, 2.24) is 9.78 Å². The molecule has 1 aromatic rings. The van der Waals surface area contributed by atoms with Gasteiger partial charge in [0.05, 0.1) is 24.0 Å². The average Bonchev–Trinajstić information content (AvgIpc) is 2.34. The number of nitrogens with zero attached hydrogens (tertiary/aromatic N) is 2. The summed E-state index contributed by atoms with van der Waals surface area (Å²) in [5.74, 6) is 0. The second-order valence-corrected chi connectivity index (χ2v) is 5.57. The van der Waals surface area contributed by atoms with Gasteiger partial charge in [0.15, 0.2) is 0 Å². The number of hydrogen-bond donors (Lipinski definition) is 1. The molecule has 0 radical (unpaired) electrons. The van der Waals surface area contributed by atoms with E-state index in [-0.39, 0.29) is 16.1 Å². The molecular formula is C13H22ClN3O2. The smallest absolute Gasteiger partial charge is 0.287 e. The number of rotatable bonds is 7. The lowest BCUT2D eigenvalue weighted by molar-refractivity contribution is 0.158. The van der Waals surface area contributed by atoms with E-state index in [4.69, 9.17) is 16.3 Å². The number of aryl methyl sites for hydroxylation is 1. The highest BCUT2D eigenvalue weighted by Crippen LogP contribution is 2.20. The van der Waals surface area contributed by atoms with E-state index in [0.717, 1.165) is 12.8 Å². The summed E-state index contributed by atoms with van der Waals surface area (Å²) < 4.78 is 6.52. The number of methoxy groups -OCH3 is 1. The Hall–Kier alpha value is -1.07. The van der Waals surface area contributed by atoms with Crippen molar-refractivity contribution in [2.45, 2.75) is 45.7 Å². The number of unbranched alkanes of at least 4 members (excludes halogenated alkanes) is 1. The van der Waals surface area contributed by atoms with E-state index in [9.17, 15) is 4.79 Å². The van der Waals surface area contributed by atoms with Crippen LogP contribution in [0.25, 0.3) is 0 Å². The Morgan fingerprint density at radius 3 is 2.79 bits per heavy atom. The van der Waals surface area contributed by atoms with Crippen LogP contribution in [0, 0.1) is 0 Å². The lowest BCUT2D eigenvalue weighted by atomic mass is 10.1. The van der Waals surface area contributed by atoms with Gasteiger partial charge in [0.25, 0.3) is 5.56 Å². The Kier molecular flexibility index (Phi) is 5.82. The van der Waals surface area contributed by atoms with Crippen molar-refractivity contribution in [3.8, 4) is 0 Å². The summed E-state index contributed by atoms with van der Waals surface area (Å²) >= 11 is 6.11. The fraction of sp³-hybridized carbons (Fsp3) is 0.692. The van der Waals surface area contributed by atoms with E-state index in [1.54, 1.807) is 13.3 Å². The maximum atomic E-state index is 12.0. The average molecular weight is 288 g/mol. The molecule has 0 saturated carbocycles. The summed E-state index contributed by atoms with van der Waals surface area (Å²) in [5.41, 5.74) is -0.0305. The molecule has 19 heavy (non-hydrogen) atoms. The molecule has 5 nitrogen and oxygen atoms in total. The number of ether oxygens (including phenoxy) is 1. The quantitative estimate of drug-likeness (QED) is 0.837. The SMILES string of the molecule is CCCCn1ncc(NC(C)(C)COC)c(Cl)c1=O. The largest absolute Gasteiger partial charge is 0.382 e. The molecule has 0 aliphatic heterocycles. The van der Waals surface area contributed by atoms with Crippen LogP contribution in [-0.4, -0.2) is 29.0 Å². The van der Waals surface area contributed by atoms with Crippen molar-refractivity contribution in [2.75, 3.05) is 19.0 Å². The minimum Gasteiger partial charge on any atom is -0.382 e. The Morgan fingerprint density at radius 1 is 1.53 bits per heavy atom. The predicted octanol–water partition coefficient (Wildman–Crippen LogP) is 2.53. The maximum Gasteiger partial charge on any atom is 0.287 e. The zero-order chi connectivity index (χ0) is 14.5. The summed E-state index contributed by atoms with van der Waals surface area (Å²) in [6, 6.07) is 0. The standard InChI is InChI=1S/C13H22ClN3O2/c1-5-6-7-17-12(18)11(14)10(8-15-17)16-13(2,3)9-19-4/h8,16H,5-7,9H2,1-4H3. The van der Waals surface area contributed by atoms with Crippen molar-refractivity contribution in [3.63, 3.8) is 0 Å². The highest BCUT2D eigenvalue weighted by atomic mass is 35.5. The minimum atomic E-state index is -0.317. The lowest BCUT2D eigenvalue weighted by Gasteiger charge is -2.26. The van der Waals surface area contributed by atoms with E-state index >= 15 is 0 Å². The maximum absolute atomic E-state index is 12.0. The van der Waals surface area contributed by atoms with Gasteiger partial charge in [-0.1, -0.05) is 24.9 Å². The van der Waals surface area contributed by atoms with Gasteiger partial charge in [-0.3, -0.25) is 4.79 Å². The summed E-state index contributed by atoms with van der Waals surface area (Å²) in [4.78, 5) is 12.0. The molecule has 108 valence electrons. The van der Waals surface area contributed by atoms with Crippen LogP contribution in [0.3, 0.4) is 0 Å². The third-order valence-corrected chi connectivity index (χ3v) is 3.05. The molecule has 1 N–H and O–H groups in total. The van der Waals surface area contributed by atoms with Gasteiger partial charge in [-0.15, -0.1) is 0 Å². The van der Waals surface area contributed by atoms with Gasteiger partial charge in [-0.2, -0.15) is 5.10 Å². The topological polar surface area (TPSA) is 56.1 Å². The zero-order valence-corrected chi connectivity index (χ0v) is 12.8. The normalized spacial score (nSPS) is 11.6. The Balaban J connectivity index is 2.93. The third-order valence-electron chi connectivity index (χ3n) is 2.69. The molecule has 0 fully saturated rings. The fourth-order valence-corrected chi connectivity index (χ4v) is 1.97. The van der Waals surface area contributed by atoms with Gasteiger partial charge < -0.3 is 10.1 Å². The van der Waals surface area contributed by atoms with Crippen LogP contribution in [0.2, 0.25) is 5.02 Å². The molecule has 0 bridgehead atoms. The van der Waals surface area contributed by atoms with E-state index in [1.165, 1.54) is 4.68 Å². The first-order valence-corrected chi connectivity index (χ1v) is 6.82. The number of hydrogen-bond acceptors (Lipinski definition) is 4. The van der Waals surface area contributed by atoms with Crippen LogP contribution < -0.4 is 10.9 Å². The van der Waals surface area contributed by atoms with Gasteiger partial charge in [0.1, 0.15) is 5.02 Å². The molecule has 0 unspecified atom stereocenters. The van der Waals surface area contributed by atoms with Crippen molar-refractivity contribution in [3.05, 3.63) is 21.6 Å². The molecule has 6 heteroatoms. The Labute approximate surface area is 118 Å². The second-order valence-electron chi connectivity index (χ2n) is 5.20. The Morgan fingerprint density at radius 2 is 2.21 bits per heavy atom. The van der Waals surface area contributed by atoms with E-state index in [2.05, 4.69) is 17.3 Å². The summed E-state index contributed by atoms with van der Waals surface area (Å²) in [7, 11) is 1.63. The monoisotopic (exact) mass is 287 g/mol. The summed E-state index contributed by atoms with van der Waals surface area (Å²) in [6.07, 6.45) is 3.51. The van der Waals surface area contributed by atoms with Crippen LogP contribution >= 0.6 is 11.6 Å². The highest BCUT2D eigenvalue weighted by Gasteiger charge is 2.20. The minimum absolute atomic E-state index is 0.176. The van der Waals surface area contributed by atoms with Crippen LogP contribution in [0.4, 0.5) is 5.69 Å². The number of anilines is 1. The van der Waals surface area contributed by atoms with Crippen LogP contribution in [0.5, 0.6) is 0 Å². The van der Waals surface area contributed by atoms with Gasteiger partial charge >= 0.3 is 0 Å². The number of halogens is 1. The van der Waals surface area contributed by atoms with Crippen molar-refractivity contribution in [2.24, 2.45) is 0 Å². The van der Waals surface area contributed by atoms with Gasteiger partial charge in [0.2, 0.25) is 0 Å². The van der Waals surface area contributed by atoms with Crippen LogP contribution in [0.1, 0.15) is 33.6 Å². The van der Waals surface area contributed by atoms with Crippen LogP contribution in [0.15, 0.2) is 11.0 Å². The number of nitrogens with one attached hydrogen (secondary N) is 1. The lowest BCUT2D eigenvalue weighted by Crippen LogP contribution is -2.37. The predicted molar refractivity (Wildman–Crippen MR) is 78.0 cm³/mol. The third kappa shape index (κ3) is 4.51.